The van der Waals surface area contributed by atoms with Crippen molar-refractivity contribution in [2.24, 2.45) is 0 Å². The fraction of sp³-hybridized carbons (Fsp3) is 0.818. The number of piperidine rings is 1. The summed E-state index contributed by atoms with van der Waals surface area (Å²) in [6.07, 6.45) is 7.43. The lowest BCUT2D eigenvalue weighted by Crippen LogP contribution is -2.27. The van der Waals surface area contributed by atoms with Crippen molar-refractivity contribution < 1.29 is 4.52 Å². The average Bonchev–Trinajstić information content (AvgIpc) is 2.66. The number of aromatic nitrogens is 2. The first-order chi connectivity index (χ1) is 7.43. The van der Waals surface area contributed by atoms with Crippen LogP contribution in [0.15, 0.2) is 4.52 Å². The molecule has 0 amide bonds. The van der Waals surface area contributed by atoms with Crippen LogP contribution in [0.25, 0.3) is 0 Å². The first-order valence-electron chi connectivity index (χ1n) is 6.00. The molecule has 0 aromatic carbocycles. The van der Waals surface area contributed by atoms with E-state index in [0.717, 1.165) is 24.7 Å². The molecule has 0 radical (unpaired) electrons. The molecule has 0 unspecified atom stereocenters. The Morgan fingerprint density at radius 1 is 1.13 bits per heavy atom. The summed E-state index contributed by atoms with van der Waals surface area (Å²) in [5.41, 5.74) is 0. The van der Waals surface area contributed by atoms with Gasteiger partial charge >= 0.3 is 0 Å². The highest BCUT2D eigenvalue weighted by atomic mass is 16.5. The van der Waals surface area contributed by atoms with Gasteiger partial charge in [-0.25, -0.2) is 0 Å². The van der Waals surface area contributed by atoms with Crippen molar-refractivity contribution in [3.05, 3.63) is 11.7 Å². The molecule has 15 heavy (non-hydrogen) atoms. The summed E-state index contributed by atoms with van der Waals surface area (Å²) in [6, 6.07) is 0.330. The third-order valence-corrected chi connectivity index (χ3v) is 3.53. The zero-order valence-electron chi connectivity index (χ0n) is 8.91. The quantitative estimate of drug-likeness (QED) is 0.807. The van der Waals surface area contributed by atoms with E-state index in [-0.39, 0.29) is 0 Å². The molecule has 82 valence electrons. The smallest absolute Gasteiger partial charge is 0.229 e. The summed E-state index contributed by atoms with van der Waals surface area (Å²) >= 11 is 0. The molecule has 1 aliphatic carbocycles. The van der Waals surface area contributed by atoms with Crippen LogP contribution < -0.4 is 5.32 Å². The highest BCUT2D eigenvalue weighted by Crippen LogP contribution is 2.35. The van der Waals surface area contributed by atoms with Crippen LogP contribution in [0, 0.1) is 0 Å². The lowest BCUT2D eigenvalue weighted by atomic mass is 9.85. The van der Waals surface area contributed by atoms with E-state index in [4.69, 9.17) is 4.52 Å². The van der Waals surface area contributed by atoms with Gasteiger partial charge in [-0.15, -0.1) is 0 Å². The minimum Gasteiger partial charge on any atom is -0.339 e. The summed E-state index contributed by atoms with van der Waals surface area (Å²) in [7, 11) is 0. The van der Waals surface area contributed by atoms with Gasteiger partial charge < -0.3 is 9.84 Å². The SMILES string of the molecule is C1CC[C@@H](c2noc(C3CCC3)n2)NC1. The van der Waals surface area contributed by atoms with E-state index in [1.54, 1.807) is 0 Å². The molecule has 3 rings (SSSR count). The van der Waals surface area contributed by atoms with Crippen LogP contribution in [-0.2, 0) is 0 Å². The molecular formula is C11H17N3O. The van der Waals surface area contributed by atoms with Gasteiger partial charge in [-0.3, -0.25) is 0 Å². The van der Waals surface area contributed by atoms with Crippen LogP contribution in [0.4, 0.5) is 0 Å². The van der Waals surface area contributed by atoms with Crippen molar-refractivity contribution >= 4 is 0 Å². The van der Waals surface area contributed by atoms with Gasteiger partial charge in [0.25, 0.3) is 0 Å². The summed E-state index contributed by atoms with van der Waals surface area (Å²) in [5, 5.41) is 7.53. The maximum Gasteiger partial charge on any atom is 0.229 e. The second-order valence-electron chi connectivity index (χ2n) is 4.62. The second-order valence-corrected chi connectivity index (χ2v) is 4.62. The lowest BCUT2D eigenvalue weighted by Gasteiger charge is -2.21. The molecule has 2 fully saturated rings. The van der Waals surface area contributed by atoms with E-state index in [1.165, 1.54) is 32.1 Å². The zero-order chi connectivity index (χ0) is 10.1. The van der Waals surface area contributed by atoms with Crippen molar-refractivity contribution in [3.63, 3.8) is 0 Å². The minimum atomic E-state index is 0.330. The van der Waals surface area contributed by atoms with Crippen LogP contribution in [0.2, 0.25) is 0 Å². The number of hydrogen-bond acceptors (Lipinski definition) is 4. The summed E-state index contributed by atoms with van der Waals surface area (Å²) in [6.45, 7) is 1.08. The van der Waals surface area contributed by atoms with Gasteiger partial charge in [0, 0.05) is 5.92 Å². The van der Waals surface area contributed by atoms with Gasteiger partial charge in [0.2, 0.25) is 5.89 Å². The molecule has 1 aliphatic heterocycles. The molecular weight excluding hydrogens is 190 g/mol. The number of rotatable bonds is 2. The Morgan fingerprint density at radius 3 is 2.73 bits per heavy atom. The molecule has 1 aromatic rings. The van der Waals surface area contributed by atoms with Gasteiger partial charge in [0.05, 0.1) is 6.04 Å². The molecule has 0 spiro atoms. The summed E-state index contributed by atoms with van der Waals surface area (Å²) < 4.78 is 5.32. The molecule has 1 aromatic heterocycles. The van der Waals surface area contributed by atoms with Gasteiger partial charge in [-0.05, 0) is 32.2 Å². The minimum absolute atomic E-state index is 0.330. The van der Waals surface area contributed by atoms with E-state index >= 15 is 0 Å². The molecule has 0 bridgehead atoms. The van der Waals surface area contributed by atoms with Gasteiger partial charge in [-0.2, -0.15) is 4.98 Å². The summed E-state index contributed by atoms with van der Waals surface area (Å²) in [4.78, 5) is 4.52. The molecule has 2 aliphatic rings. The largest absolute Gasteiger partial charge is 0.339 e. The van der Waals surface area contributed by atoms with Crippen molar-refractivity contribution in [3.8, 4) is 0 Å². The third kappa shape index (κ3) is 1.78. The van der Waals surface area contributed by atoms with Gasteiger partial charge in [0.15, 0.2) is 5.82 Å². The fourth-order valence-corrected chi connectivity index (χ4v) is 2.28. The number of nitrogens with zero attached hydrogens (tertiary/aromatic N) is 2. The van der Waals surface area contributed by atoms with Gasteiger partial charge in [0.1, 0.15) is 0 Å². The van der Waals surface area contributed by atoms with E-state index in [9.17, 15) is 0 Å². The first-order valence-corrected chi connectivity index (χ1v) is 6.00. The Labute approximate surface area is 89.4 Å². The van der Waals surface area contributed by atoms with Crippen molar-refractivity contribution in [2.45, 2.75) is 50.5 Å². The van der Waals surface area contributed by atoms with E-state index in [0.29, 0.717) is 12.0 Å². The van der Waals surface area contributed by atoms with E-state index in [2.05, 4.69) is 15.5 Å². The standard InChI is InChI=1S/C11H17N3O/c1-2-7-12-9(6-1)10-13-11(15-14-10)8-4-3-5-8/h8-9,12H,1-7H2/t9-/m0/s1. The van der Waals surface area contributed by atoms with Crippen molar-refractivity contribution in [2.75, 3.05) is 6.54 Å². The average molecular weight is 207 g/mol. The zero-order valence-corrected chi connectivity index (χ0v) is 8.91. The molecule has 4 nitrogen and oxygen atoms in total. The monoisotopic (exact) mass is 207 g/mol. The number of hydrogen-bond donors (Lipinski definition) is 1. The van der Waals surface area contributed by atoms with Crippen molar-refractivity contribution in [1.82, 2.24) is 15.5 Å². The molecule has 1 saturated carbocycles. The highest BCUT2D eigenvalue weighted by molar-refractivity contribution is 5.01. The van der Waals surface area contributed by atoms with Crippen LogP contribution in [0.5, 0.6) is 0 Å². The topological polar surface area (TPSA) is 51.0 Å². The van der Waals surface area contributed by atoms with Crippen molar-refractivity contribution in [1.29, 1.82) is 0 Å². The highest BCUT2D eigenvalue weighted by Gasteiger charge is 2.27. The van der Waals surface area contributed by atoms with E-state index in [1.807, 2.05) is 0 Å². The maximum atomic E-state index is 5.32. The third-order valence-electron chi connectivity index (χ3n) is 3.53. The first kappa shape index (κ1) is 9.33. The molecule has 1 atom stereocenters. The predicted octanol–water partition coefficient (Wildman–Crippen LogP) is 2.15. The molecule has 1 saturated heterocycles. The van der Waals surface area contributed by atoms with Crippen LogP contribution >= 0.6 is 0 Å². The second kappa shape index (κ2) is 3.93. The molecule has 1 N–H and O–H groups in total. The van der Waals surface area contributed by atoms with Crippen LogP contribution in [0.1, 0.15) is 62.2 Å². The van der Waals surface area contributed by atoms with E-state index < -0.39 is 0 Å². The Hall–Kier alpha value is -0.900. The summed E-state index contributed by atoms with van der Waals surface area (Å²) in [5.74, 6) is 2.29. The van der Waals surface area contributed by atoms with Crippen LogP contribution in [-0.4, -0.2) is 16.7 Å². The Morgan fingerprint density at radius 2 is 2.07 bits per heavy atom. The Bertz CT molecular complexity index is 326. The molecule has 4 heteroatoms. The Balaban J connectivity index is 1.71. The van der Waals surface area contributed by atoms with Crippen LogP contribution in [0.3, 0.4) is 0 Å². The lowest BCUT2D eigenvalue weighted by molar-refractivity contribution is 0.288. The molecule has 2 heterocycles. The van der Waals surface area contributed by atoms with Gasteiger partial charge in [-0.1, -0.05) is 18.0 Å². The predicted molar refractivity (Wildman–Crippen MR) is 55.5 cm³/mol. The number of nitrogens with one attached hydrogen (secondary N) is 1. The fourth-order valence-electron chi connectivity index (χ4n) is 2.28. The maximum absolute atomic E-state index is 5.32. The normalized spacial score (nSPS) is 27.6. The Kier molecular flexibility index (Phi) is 2.44.